The SMILES string of the molecule is Cc1ccc(NC(=O)c2cccc(C(F)(F)F)c2)cc1-n1cc(-c2cnccc2OCC2CCN(C(=O)CN(C)C)C2)cn1. The van der Waals surface area contributed by atoms with Crippen LogP contribution in [0.4, 0.5) is 18.9 Å². The highest BCUT2D eigenvalue weighted by molar-refractivity contribution is 6.04. The second-order valence-electron chi connectivity index (χ2n) is 11.1. The van der Waals surface area contributed by atoms with E-state index in [4.69, 9.17) is 4.74 Å². The Balaban J connectivity index is 1.28. The molecule has 1 fully saturated rings. The van der Waals surface area contributed by atoms with E-state index in [-0.39, 0.29) is 17.4 Å². The van der Waals surface area contributed by atoms with E-state index in [2.05, 4.69) is 15.4 Å². The largest absolute Gasteiger partial charge is 0.492 e. The fourth-order valence-corrected chi connectivity index (χ4v) is 5.07. The topological polar surface area (TPSA) is 92.6 Å². The molecule has 2 amide bonds. The summed E-state index contributed by atoms with van der Waals surface area (Å²) < 4.78 is 47.2. The van der Waals surface area contributed by atoms with Crippen molar-refractivity contribution in [2.45, 2.75) is 19.5 Å². The fraction of sp³-hybridized carbons (Fsp3) is 0.312. The first-order chi connectivity index (χ1) is 21.0. The summed E-state index contributed by atoms with van der Waals surface area (Å²) in [5.41, 5.74) is 2.48. The summed E-state index contributed by atoms with van der Waals surface area (Å²) in [6.45, 7) is 4.11. The van der Waals surface area contributed by atoms with Gasteiger partial charge in [0.15, 0.2) is 0 Å². The molecule has 1 aliphatic heterocycles. The number of nitrogens with zero attached hydrogens (tertiary/aromatic N) is 5. The van der Waals surface area contributed by atoms with Crippen LogP contribution in [0.2, 0.25) is 0 Å². The van der Waals surface area contributed by atoms with Crippen molar-refractivity contribution in [3.05, 3.63) is 90.0 Å². The standard InChI is InChI=1S/C32H33F3N6O3/c1-21-7-8-26(38-31(43)23-5-4-6-25(13-23)32(33,34)35)14-28(21)41-18-24(15-37-41)27-16-36-11-9-29(27)44-20-22-10-12-40(17-22)30(42)19-39(2)3/h4-9,11,13-16,18,22H,10,12,17,19-20H2,1-3H3,(H,38,43). The first-order valence-corrected chi connectivity index (χ1v) is 14.1. The summed E-state index contributed by atoms with van der Waals surface area (Å²) >= 11 is 0. The Morgan fingerprint density at radius 3 is 2.70 bits per heavy atom. The maximum absolute atomic E-state index is 13.1. The number of benzene rings is 2. The molecule has 4 aromatic rings. The second-order valence-corrected chi connectivity index (χ2v) is 11.1. The maximum atomic E-state index is 13.1. The minimum atomic E-state index is -4.55. The minimum absolute atomic E-state index is 0.0992. The first-order valence-electron chi connectivity index (χ1n) is 14.1. The number of aryl methyl sites for hydroxylation is 1. The van der Waals surface area contributed by atoms with Crippen molar-refractivity contribution in [3.8, 4) is 22.6 Å². The highest BCUT2D eigenvalue weighted by atomic mass is 19.4. The highest BCUT2D eigenvalue weighted by Gasteiger charge is 2.31. The van der Waals surface area contributed by atoms with Crippen molar-refractivity contribution >= 4 is 17.5 Å². The van der Waals surface area contributed by atoms with Crippen molar-refractivity contribution in [1.82, 2.24) is 24.6 Å². The van der Waals surface area contributed by atoms with Crippen LogP contribution in [0, 0.1) is 12.8 Å². The second kappa shape index (κ2) is 12.9. The molecule has 0 bridgehead atoms. The Hall–Kier alpha value is -4.71. The number of ether oxygens (including phenoxy) is 1. The van der Waals surface area contributed by atoms with Crippen LogP contribution in [-0.2, 0) is 11.0 Å². The van der Waals surface area contributed by atoms with Crippen LogP contribution in [0.3, 0.4) is 0 Å². The van der Waals surface area contributed by atoms with Gasteiger partial charge in [-0.25, -0.2) is 4.68 Å². The third-order valence-corrected chi connectivity index (χ3v) is 7.41. The zero-order chi connectivity index (χ0) is 31.4. The molecule has 0 spiro atoms. The van der Waals surface area contributed by atoms with Crippen molar-refractivity contribution in [1.29, 1.82) is 0 Å². The molecule has 0 aliphatic carbocycles. The van der Waals surface area contributed by atoms with Gasteiger partial charge in [0.1, 0.15) is 5.75 Å². The van der Waals surface area contributed by atoms with E-state index >= 15 is 0 Å². The molecule has 3 heterocycles. The van der Waals surface area contributed by atoms with Gasteiger partial charge in [0, 0.05) is 60.0 Å². The van der Waals surface area contributed by atoms with Crippen LogP contribution in [-0.4, -0.2) is 76.7 Å². The lowest BCUT2D eigenvalue weighted by Gasteiger charge is -2.19. The van der Waals surface area contributed by atoms with Crippen LogP contribution < -0.4 is 10.1 Å². The zero-order valence-corrected chi connectivity index (χ0v) is 24.6. The van der Waals surface area contributed by atoms with Crippen LogP contribution in [0.1, 0.15) is 27.9 Å². The van der Waals surface area contributed by atoms with Gasteiger partial charge in [-0.05, 0) is 69.4 Å². The summed E-state index contributed by atoms with van der Waals surface area (Å²) in [5.74, 6) is 0.332. The molecule has 1 atom stereocenters. The molecule has 1 N–H and O–H groups in total. The number of halogens is 3. The lowest BCUT2D eigenvalue weighted by atomic mass is 10.1. The van der Waals surface area contributed by atoms with Crippen molar-refractivity contribution < 1.29 is 27.5 Å². The molecule has 230 valence electrons. The minimum Gasteiger partial charge on any atom is -0.492 e. The summed E-state index contributed by atoms with van der Waals surface area (Å²) in [7, 11) is 3.75. The number of anilines is 1. The molecule has 1 saturated heterocycles. The quantitative estimate of drug-likeness (QED) is 0.278. The third kappa shape index (κ3) is 7.25. The summed E-state index contributed by atoms with van der Waals surface area (Å²) in [4.78, 5) is 33.2. The zero-order valence-electron chi connectivity index (χ0n) is 24.6. The van der Waals surface area contributed by atoms with Gasteiger partial charge >= 0.3 is 6.18 Å². The van der Waals surface area contributed by atoms with Gasteiger partial charge in [-0.1, -0.05) is 12.1 Å². The lowest BCUT2D eigenvalue weighted by molar-refractivity contribution is -0.137. The number of alkyl halides is 3. The molecule has 5 rings (SSSR count). The van der Waals surface area contributed by atoms with Crippen LogP contribution in [0.15, 0.2) is 73.3 Å². The fourth-order valence-electron chi connectivity index (χ4n) is 5.07. The van der Waals surface area contributed by atoms with Gasteiger partial charge in [-0.15, -0.1) is 0 Å². The number of likely N-dealkylation sites (N-methyl/N-ethyl adjacent to an activating group) is 1. The van der Waals surface area contributed by atoms with E-state index in [1.807, 2.05) is 37.0 Å². The first kappa shape index (κ1) is 30.7. The number of hydrogen-bond donors (Lipinski definition) is 1. The van der Waals surface area contributed by atoms with Crippen molar-refractivity contribution in [3.63, 3.8) is 0 Å². The predicted molar refractivity (Wildman–Crippen MR) is 160 cm³/mol. The Morgan fingerprint density at radius 2 is 1.93 bits per heavy atom. The summed E-state index contributed by atoms with van der Waals surface area (Å²) in [6.07, 6.45) is 3.20. The van der Waals surface area contributed by atoms with Crippen molar-refractivity contribution in [2.24, 2.45) is 5.92 Å². The van der Waals surface area contributed by atoms with E-state index in [9.17, 15) is 22.8 Å². The maximum Gasteiger partial charge on any atom is 0.416 e. The molecule has 44 heavy (non-hydrogen) atoms. The molecule has 0 radical (unpaired) electrons. The lowest BCUT2D eigenvalue weighted by Crippen LogP contribution is -2.36. The van der Waals surface area contributed by atoms with Crippen LogP contribution in [0.25, 0.3) is 16.8 Å². The molecule has 0 saturated carbocycles. The Kier molecular flexibility index (Phi) is 9.00. The van der Waals surface area contributed by atoms with Gasteiger partial charge in [0.2, 0.25) is 5.91 Å². The van der Waals surface area contributed by atoms with Crippen LogP contribution in [0.5, 0.6) is 5.75 Å². The molecule has 2 aromatic heterocycles. The van der Waals surface area contributed by atoms with Crippen LogP contribution >= 0.6 is 0 Å². The van der Waals surface area contributed by atoms with Gasteiger partial charge in [0.05, 0.1) is 30.6 Å². The Morgan fingerprint density at radius 1 is 1.11 bits per heavy atom. The van der Waals surface area contributed by atoms with Gasteiger partial charge in [-0.3, -0.25) is 14.6 Å². The Labute approximate surface area is 253 Å². The predicted octanol–water partition coefficient (Wildman–Crippen LogP) is 5.30. The molecule has 12 heteroatoms. The number of hydrogen-bond acceptors (Lipinski definition) is 6. The monoisotopic (exact) mass is 606 g/mol. The number of aromatic nitrogens is 3. The molecule has 2 aromatic carbocycles. The summed E-state index contributed by atoms with van der Waals surface area (Å²) in [6, 6.07) is 11.3. The van der Waals surface area contributed by atoms with E-state index in [0.717, 1.165) is 41.8 Å². The molecular formula is C32H33F3N6O3. The number of pyridine rings is 1. The van der Waals surface area contributed by atoms with E-state index in [1.54, 1.807) is 47.5 Å². The van der Waals surface area contributed by atoms with E-state index < -0.39 is 17.6 Å². The third-order valence-electron chi connectivity index (χ3n) is 7.41. The molecule has 1 unspecified atom stereocenters. The molecular weight excluding hydrogens is 573 g/mol. The molecule has 1 aliphatic rings. The number of amides is 2. The van der Waals surface area contributed by atoms with Gasteiger partial charge < -0.3 is 19.9 Å². The molecule has 9 nitrogen and oxygen atoms in total. The van der Waals surface area contributed by atoms with E-state index in [0.29, 0.717) is 36.8 Å². The Bertz CT molecular complexity index is 1650. The van der Waals surface area contributed by atoms with Gasteiger partial charge in [-0.2, -0.15) is 18.3 Å². The number of carbonyl (C=O) groups excluding carboxylic acids is 2. The van der Waals surface area contributed by atoms with Gasteiger partial charge in [0.25, 0.3) is 5.91 Å². The number of carbonyl (C=O) groups is 2. The number of rotatable bonds is 9. The smallest absolute Gasteiger partial charge is 0.416 e. The van der Waals surface area contributed by atoms with Crippen molar-refractivity contribution in [2.75, 3.05) is 45.7 Å². The highest BCUT2D eigenvalue weighted by Crippen LogP contribution is 2.32. The average Bonchev–Trinajstić information content (AvgIpc) is 3.67. The summed E-state index contributed by atoms with van der Waals surface area (Å²) in [5, 5.41) is 7.20. The normalized spacial score (nSPS) is 15.1. The number of nitrogens with one attached hydrogen (secondary N) is 1. The average molecular weight is 607 g/mol. The number of likely N-dealkylation sites (tertiary alicyclic amines) is 1. The van der Waals surface area contributed by atoms with E-state index in [1.165, 1.54) is 12.1 Å².